The highest BCUT2D eigenvalue weighted by Gasteiger charge is 2.24. The summed E-state index contributed by atoms with van der Waals surface area (Å²) in [6.45, 7) is 1.77. The van der Waals surface area contributed by atoms with Crippen LogP contribution in [0.1, 0.15) is 15.9 Å². The van der Waals surface area contributed by atoms with E-state index in [1.807, 2.05) is 0 Å². The van der Waals surface area contributed by atoms with Crippen LogP contribution in [-0.2, 0) is 10.0 Å². The molecule has 134 valence electrons. The number of hydrogen-bond acceptors (Lipinski definition) is 4. The number of aryl methyl sites for hydroxylation is 1. The number of carbonyl (C=O) groups is 1. The van der Waals surface area contributed by atoms with Crippen LogP contribution in [0.3, 0.4) is 0 Å². The van der Waals surface area contributed by atoms with Gasteiger partial charge in [-0.05, 0) is 31.2 Å². The van der Waals surface area contributed by atoms with Crippen LogP contribution in [0, 0.1) is 18.6 Å². The van der Waals surface area contributed by atoms with Crippen molar-refractivity contribution in [3.8, 4) is 0 Å². The van der Waals surface area contributed by atoms with Gasteiger partial charge in [-0.15, -0.1) is 0 Å². The lowest BCUT2D eigenvalue weighted by atomic mass is 10.2. The van der Waals surface area contributed by atoms with Gasteiger partial charge in [0.25, 0.3) is 15.9 Å². The Morgan fingerprint density at radius 1 is 1.00 bits per heavy atom. The van der Waals surface area contributed by atoms with Crippen molar-refractivity contribution in [2.24, 2.45) is 0 Å². The van der Waals surface area contributed by atoms with Gasteiger partial charge < -0.3 is 0 Å². The average molecular weight is 378 g/mol. The monoisotopic (exact) mass is 378 g/mol. The molecule has 26 heavy (non-hydrogen) atoms. The Bertz CT molecular complexity index is 1160. The predicted molar refractivity (Wildman–Crippen MR) is 88.5 cm³/mol. The summed E-state index contributed by atoms with van der Waals surface area (Å²) in [6, 6.07) is 8.03. The molecule has 1 heterocycles. The van der Waals surface area contributed by atoms with Crippen LogP contribution < -0.4 is 5.69 Å². The molecule has 3 rings (SSSR count). The van der Waals surface area contributed by atoms with Crippen molar-refractivity contribution in [3.05, 3.63) is 88.1 Å². The van der Waals surface area contributed by atoms with E-state index in [2.05, 4.69) is 0 Å². The Hall–Kier alpha value is -3.07. The largest absolute Gasteiger partial charge is 0.349 e. The molecule has 0 fully saturated rings. The molecule has 0 amide bonds. The van der Waals surface area contributed by atoms with E-state index in [9.17, 15) is 26.8 Å². The summed E-state index contributed by atoms with van der Waals surface area (Å²) in [5.41, 5.74) is -0.908. The van der Waals surface area contributed by atoms with E-state index in [4.69, 9.17) is 0 Å². The van der Waals surface area contributed by atoms with E-state index in [-0.39, 0.29) is 4.90 Å². The van der Waals surface area contributed by atoms with Gasteiger partial charge >= 0.3 is 5.69 Å². The normalized spacial score (nSPS) is 11.5. The predicted octanol–water partition coefficient (Wildman–Crippen LogP) is 2.16. The Balaban J connectivity index is 2.07. The maximum atomic E-state index is 13.8. The molecule has 0 aliphatic rings. The molecule has 0 N–H and O–H groups in total. The third-order valence-electron chi connectivity index (χ3n) is 3.70. The highest BCUT2D eigenvalue weighted by atomic mass is 32.2. The second kappa shape index (κ2) is 6.34. The Kier molecular flexibility index (Phi) is 4.33. The summed E-state index contributed by atoms with van der Waals surface area (Å²) < 4.78 is 52.7. The summed E-state index contributed by atoms with van der Waals surface area (Å²) in [5, 5.41) is 0. The molecule has 0 aliphatic heterocycles. The fraction of sp³-hybridized carbons (Fsp3) is 0.0588. The van der Waals surface area contributed by atoms with Gasteiger partial charge in [-0.3, -0.25) is 4.79 Å². The maximum Gasteiger partial charge on any atom is 0.349 e. The Morgan fingerprint density at radius 2 is 1.65 bits per heavy atom. The molecule has 0 saturated heterocycles. The van der Waals surface area contributed by atoms with Crippen LogP contribution in [0.4, 0.5) is 8.78 Å². The summed E-state index contributed by atoms with van der Waals surface area (Å²) in [5.74, 6) is -3.15. The minimum atomic E-state index is -4.22. The first-order valence-electron chi connectivity index (χ1n) is 7.34. The summed E-state index contributed by atoms with van der Waals surface area (Å²) in [6.07, 6.45) is 1.82. The van der Waals surface area contributed by atoms with Crippen molar-refractivity contribution < 1.29 is 22.0 Å². The highest BCUT2D eigenvalue weighted by molar-refractivity contribution is 7.90. The van der Waals surface area contributed by atoms with E-state index < -0.39 is 38.8 Å². The zero-order valence-electron chi connectivity index (χ0n) is 13.4. The zero-order valence-corrected chi connectivity index (χ0v) is 14.2. The summed E-state index contributed by atoms with van der Waals surface area (Å²) >= 11 is 0. The van der Waals surface area contributed by atoms with Gasteiger partial charge in [0.2, 0.25) is 0 Å². The van der Waals surface area contributed by atoms with E-state index in [0.717, 1.165) is 30.1 Å². The maximum absolute atomic E-state index is 13.8. The van der Waals surface area contributed by atoms with Gasteiger partial charge in [-0.25, -0.2) is 26.6 Å². The third kappa shape index (κ3) is 2.97. The molecule has 0 saturated carbocycles. The number of hydrogen-bond donors (Lipinski definition) is 0. The van der Waals surface area contributed by atoms with Crippen LogP contribution in [0.25, 0.3) is 0 Å². The van der Waals surface area contributed by atoms with Gasteiger partial charge in [-0.1, -0.05) is 17.7 Å². The highest BCUT2D eigenvalue weighted by Crippen LogP contribution is 2.14. The van der Waals surface area contributed by atoms with Crippen molar-refractivity contribution >= 4 is 15.9 Å². The number of benzene rings is 2. The van der Waals surface area contributed by atoms with E-state index >= 15 is 0 Å². The fourth-order valence-corrected chi connectivity index (χ4v) is 3.53. The van der Waals surface area contributed by atoms with Gasteiger partial charge in [0.05, 0.1) is 10.5 Å². The van der Waals surface area contributed by atoms with Crippen LogP contribution in [0.5, 0.6) is 0 Å². The molecule has 2 aromatic carbocycles. The second-order valence-electron chi connectivity index (χ2n) is 5.49. The molecule has 9 heteroatoms. The van der Waals surface area contributed by atoms with Gasteiger partial charge in [0, 0.05) is 18.5 Å². The molecule has 0 unspecified atom stereocenters. The van der Waals surface area contributed by atoms with Gasteiger partial charge in [0.15, 0.2) is 0 Å². The van der Waals surface area contributed by atoms with Crippen LogP contribution in [-0.4, -0.2) is 22.9 Å². The summed E-state index contributed by atoms with van der Waals surface area (Å²) in [4.78, 5) is 24.6. The van der Waals surface area contributed by atoms with Crippen molar-refractivity contribution in [1.29, 1.82) is 0 Å². The van der Waals surface area contributed by atoms with Crippen molar-refractivity contribution in [1.82, 2.24) is 8.54 Å². The number of nitrogens with zero attached hydrogens (tertiary/aromatic N) is 2. The fourth-order valence-electron chi connectivity index (χ4n) is 2.31. The SMILES string of the molecule is Cc1ccc(S(=O)(=O)n2ccn(C(=O)c3ccc(F)cc3F)c2=O)cc1. The van der Waals surface area contributed by atoms with E-state index in [0.29, 0.717) is 14.6 Å². The molecule has 0 aliphatic carbocycles. The number of imidazole rings is 1. The first kappa shape index (κ1) is 17.7. The van der Waals surface area contributed by atoms with Gasteiger partial charge in [-0.2, -0.15) is 3.97 Å². The molecule has 0 bridgehead atoms. The van der Waals surface area contributed by atoms with Crippen molar-refractivity contribution in [2.75, 3.05) is 0 Å². The quantitative estimate of drug-likeness (QED) is 0.700. The Labute approximate surface area is 147 Å². The second-order valence-corrected chi connectivity index (χ2v) is 7.31. The lowest BCUT2D eigenvalue weighted by Crippen LogP contribution is -2.33. The smallest absolute Gasteiger partial charge is 0.268 e. The van der Waals surface area contributed by atoms with E-state index in [1.54, 1.807) is 19.1 Å². The van der Waals surface area contributed by atoms with Crippen LogP contribution in [0.15, 0.2) is 64.5 Å². The molecular formula is C17H12F2N2O4S. The number of halogens is 2. The van der Waals surface area contributed by atoms with E-state index in [1.165, 1.54) is 12.1 Å². The third-order valence-corrected chi connectivity index (χ3v) is 5.37. The first-order valence-corrected chi connectivity index (χ1v) is 8.78. The standard InChI is InChI=1S/C17H12F2N2O4S/c1-11-2-5-13(6-3-11)26(24,25)21-9-8-20(17(21)23)16(22)14-7-4-12(18)10-15(14)19/h2-10H,1H3. The minimum absolute atomic E-state index is 0.136. The first-order chi connectivity index (χ1) is 12.2. The molecule has 1 aromatic heterocycles. The molecule has 3 aromatic rings. The average Bonchev–Trinajstić information content (AvgIpc) is 2.97. The van der Waals surface area contributed by atoms with Crippen LogP contribution >= 0.6 is 0 Å². The molecule has 6 nitrogen and oxygen atoms in total. The Morgan fingerprint density at radius 3 is 2.27 bits per heavy atom. The molecule has 0 atom stereocenters. The van der Waals surface area contributed by atoms with Crippen molar-refractivity contribution in [2.45, 2.75) is 11.8 Å². The lowest BCUT2D eigenvalue weighted by molar-refractivity contribution is 0.0952. The number of aromatic nitrogens is 2. The lowest BCUT2D eigenvalue weighted by Gasteiger charge is -2.05. The zero-order chi connectivity index (χ0) is 19.1. The van der Waals surface area contributed by atoms with Crippen molar-refractivity contribution in [3.63, 3.8) is 0 Å². The molecule has 0 spiro atoms. The minimum Gasteiger partial charge on any atom is -0.268 e. The van der Waals surface area contributed by atoms with Gasteiger partial charge in [0.1, 0.15) is 11.6 Å². The topological polar surface area (TPSA) is 78.1 Å². The molecule has 0 radical (unpaired) electrons. The number of carbonyl (C=O) groups excluding carboxylic acids is 1. The molecular weight excluding hydrogens is 366 g/mol. The number of rotatable bonds is 3. The summed E-state index contributed by atoms with van der Waals surface area (Å²) in [7, 11) is -4.22. The van der Waals surface area contributed by atoms with Crippen LogP contribution in [0.2, 0.25) is 0 Å².